The molecule has 2 unspecified atom stereocenters. The fraction of sp³-hybridized carbons (Fsp3) is 1.00. The lowest BCUT2D eigenvalue weighted by Crippen LogP contribution is -2.21. The van der Waals surface area contributed by atoms with Crippen molar-refractivity contribution in [1.29, 1.82) is 0 Å². The van der Waals surface area contributed by atoms with E-state index in [9.17, 15) is 0 Å². The first-order chi connectivity index (χ1) is 6.38. The van der Waals surface area contributed by atoms with Crippen molar-refractivity contribution in [2.24, 2.45) is 11.8 Å². The maximum atomic E-state index is 3.33. The van der Waals surface area contributed by atoms with Crippen LogP contribution in [0.4, 0.5) is 0 Å². The third-order valence-corrected chi connectivity index (χ3v) is 3.46. The Morgan fingerprint density at radius 2 is 1.92 bits per heavy atom. The Bertz CT molecular complexity index is 122. The van der Waals surface area contributed by atoms with Crippen LogP contribution in [-0.4, -0.2) is 13.6 Å². The van der Waals surface area contributed by atoms with Crippen LogP contribution in [0.3, 0.4) is 0 Å². The van der Waals surface area contributed by atoms with E-state index in [0.717, 1.165) is 11.8 Å². The van der Waals surface area contributed by atoms with Gasteiger partial charge in [0.2, 0.25) is 0 Å². The third kappa shape index (κ3) is 3.68. The summed E-state index contributed by atoms with van der Waals surface area (Å²) in [6, 6.07) is 0. The minimum absolute atomic E-state index is 0.988. The Labute approximate surface area is 83.3 Å². The van der Waals surface area contributed by atoms with Crippen LogP contribution in [-0.2, 0) is 0 Å². The third-order valence-electron chi connectivity index (χ3n) is 3.46. The second-order valence-corrected chi connectivity index (χ2v) is 4.50. The van der Waals surface area contributed by atoms with Gasteiger partial charge in [0.15, 0.2) is 0 Å². The van der Waals surface area contributed by atoms with E-state index < -0.39 is 0 Å². The molecule has 13 heavy (non-hydrogen) atoms. The normalized spacial score (nSPS) is 28.2. The van der Waals surface area contributed by atoms with Crippen molar-refractivity contribution in [3.63, 3.8) is 0 Å². The van der Waals surface area contributed by atoms with Crippen LogP contribution < -0.4 is 5.32 Å². The van der Waals surface area contributed by atoms with Gasteiger partial charge in [0, 0.05) is 0 Å². The van der Waals surface area contributed by atoms with Gasteiger partial charge in [-0.25, -0.2) is 0 Å². The average Bonchev–Trinajstić information content (AvgIpc) is 2.54. The van der Waals surface area contributed by atoms with Crippen LogP contribution >= 0.6 is 0 Å². The Morgan fingerprint density at radius 1 is 1.15 bits per heavy atom. The highest BCUT2D eigenvalue weighted by atomic mass is 14.8. The van der Waals surface area contributed by atoms with Gasteiger partial charge in [-0.2, -0.15) is 0 Å². The fourth-order valence-electron chi connectivity index (χ4n) is 2.68. The predicted molar refractivity (Wildman–Crippen MR) is 58.9 cm³/mol. The van der Waals surface area contributed by atoms with Gasteiger partial charge in [0.1, 0.15) is 0 Å². The molecule has 0 aliphatic heterocycles. The van der Waals surface area contributed by atoms with Crippen LogP contribution in [0.5, 0.6) is 0 Å². The van der Waals surface area contributed by atoms with E-state index in [1.165, 1.54) is 51.5 Å². The van der Waals surface area contributed by atoms with Gasteiger partial charge in [0.05, 0.1) is 0 Å². The van der Waals surface area contributed by atoms with Gasteiger partial charge >= 0.3 is 0 Å². The molecule has 1 nitrogen and oxygen atoms in total. The number of rotatable bonds is 6. The average molecular weight is 183 g/mol. The summed E-state index contributed by atoms with van der Waals surface area (Å²) in [5.74, 6) is 2.03. The summed E-state index contributed by atoms with van der Waals surface area (Å²) in [6.07, 6.45) is 10.2. The van der Waals surface area contributed by atoms with E-state index in [2.05, 4.69) is 19.3 Å². The summed E-state index contributed by atoms with van der Waals surface area (Å²) in [4.78, 5) is 0. The summed E-state index contributed by atoms with van der Waals surface area (Å²) < 4.78 is 0. The fourth-order valence-corrected chi connectivity index (χ4v) is 2.68. The molecule has 0 bridgehead atoms. The van der Waals surface area contributed by atoms with E-state index in [-0.39, 0.29) is 0 Å². The molecule has 0 saturated heterocycles. The molecule has 1 heteroatoms. The van der Waals surface area contributed by atoms with Gasteiger partial charge in [0.25, 0.3) is 0 Å². The first-order valence-electron chi connectivity index (χ1n) is 6.03. The maximum Gasteiger partial charge on any atom is -0.00209 e. The lowest BCUT2D eigenvalue weighted by atomic mass is 9.91. The van der Waals surface area contributed by atoms with Gasteiger partial charge in [-0.15, -0.1) is 0 Å². The molecule has 0 heterocycles. The molecule has 0 aromatic carbocycles. The van der Waals surface area contributed by atoms with Crippen molar-refractivity contribution in [3.8, 4) is 0 Å². The number of nitrogens with one attached hydrogen (secondary N) is 1. The molecule has 0 aromatic rings. The Morgan fingerprint density at radius 3 is 2.62 bits per heavy atom. The predicted octanol–water partition coefficient (Wildman–Crippen LogP) is 3.20. The Balaban J connectivity index is 2.15. The minimum Gasteiger partial charge on any atom is -0.319 e. The number of hydrogen-bond acceptors (Lipinski definition) is 1. The SMILES string of the molecule is CCCCCC1CCCC1CNC. The molecule has 1 saturated carbocycles. The molecule has 1 fully saturated rings. The van der Waals surface area contributed by atoms with Gasteiger partial charge < -0.3 is 5.32 Å². The molecule has 0 amide bonds. The lowest BCUT2D eigenvalue weighted by molar-refractivity contribution is 0.344. The second-order valence-electron chi connectivity index (χ2n) is 4.50. The molecule has 1 rings (SSSR count). The number of hydrogen-bond donors (Lipinski definition) is 1. The molecular weight excluding hydrogens is 158 g/mol. The zero-order valence-electron chi connectivity index (χ0n) is 9.31. The maximum absolute atomic E-state index is 3.33. The zero-order valence-corrected chi connectivity index (χ0v) is 9.31. The highest BCUT2D eigenvalue weighted by molar-refractivity contribution is 4.78. The van der Waals surface area contributed by atoms with Crippen molar-refractivity contribution in [1.82, 2.24) is 5.32 Å². The second kappa shape index (κ2) is 6.42. The molecule has 1 aliphatic carbocycles. The molecule has 0 radical (unpaired) electrons. The highest BCUT2D eigenvalue weighted by Gasteiger charge is 2.25. The quantitative estimate of drug-likeness (QED) is 0.624. The van der Waals surface area contributed by atoms with E-state index in [0.29, 0.717) is 0 Å². The summed E-state index contributed by atoms with van der Waals surface area (Å²) >= 11 is 0. The molecule has 0 spiro atoms. The highest BCUT2D eigenvalue weighted by Crippen LogP contribution is 2.34. The monoisotopic (exact) mass is 183 g/mol. The number of unbranched alkanes of at least 4 members (excludes halogenated alkanes) is 2. The Hall–Kier alpha value is -0.0400. The molecule has 1 N–H and O–H groups in total. The standard InChI is InChI=1S/C12H25N/c1-3-4-5-7-11-8-6-9-12(11)10-13-2/h11-13H,3-10H2,1-2H3. The van der Waals surface area contributed by atoms with Crippen molar-refractivity contribution < 1.29 is 0 Å². The van der Waals surface area contributed by atoms with Crippen molar-refractivity contribution >= 4 is 0 Å². The van der Waals surface area contributed by atoms with E-state index in [1.54, 1.807) is 0 Å². The molecule has 2 atom stereocenters. The topological polar surface area (TPSA) is 12.0 Å². The van der Waals surface area contributed by atoms with Gasteiger partial charge in [-0.05, 0) is 31.8 Å². The molecule has 1 aliphatic rings. The summed E-state index contributed by atoms with van der Waals surface area (Å²) in [5.41, 5.74) is 0. The Kier molecular flexibility index (Phi) is 5.45. The van der Waals surface area contributed by atoms with Crippen molar-refractivity contribution in [2.75, 3.05) is 13.6 Å². The van der Waals surface area contributed by atoms with Crippen molar-refractivity contribution in [3.05, 3.63) is 0 Å². The molecule has 0 aromatic heterocycles. The van der Waals surface area contributed by atoms with Gasteiger partial charge in [-0.1, -0.05) is 45.4 Å². The lowest BCUT2D eigenvalue weighted by Gasteiger charge is -2.18. The molecule has 78 valence electrons. The van der Waals surface area contributed by atoms with Crippen LogP contribution in [0.2, 0.25) is 0 Å². The summed E-state index contributed by atoms with van der Waals surface area (Å²) in [6.45, 7) is 3.54. The zero-order chi connectivity index (χ0) is 9.52. The first kappa shape index (κ1) is 11.0. The van der Waals surface area contributed by atoms with Crippen molar-refractivity contribution in [2.45, 2.75) is 51.9 Å². The minimum atomic E-state index is 0.988. The van der Waals surface area contributed by atoms with Crippen LogP contribution in [0, 0.1) is 11.8 Å². The van der Waals surface area contributed by atoms with E-state index >= 15 is 0 Å². The smallest absolute Gasteiger partial charge is 0.00209 e. The van der Waals surface area contributed by atoms with Gasteiger partial charge in [-0.3, -0.25) is 0 Å². The van der Waals surface area contributed by atoms with Crippen LogP contribution in [0.1, 0.15) is 51.9 Å². The summed E-state index contributed by atoms with van der Waals surface area (Å²) in [7, 11) is 2.08. The van der Waals surface area contributed by atoms with E-state index in [1.807, 2.05) is 0 Å². The summed E-state index contributed by atoms with van der Waals surface area (Å²) in [5, 5.41) is 3.33. The molecular formula is C12H25N. The van der Waals surface area contributed by atoms with Crippen LogP contribution in [0.15, 0.2) is 0 Å². The first-order valence-corrected chi connectivity index (χ1v) is 6.03. The largest absolute Gasteiger partial charge is 0.319 e. The van der Waals surface area contributed by atoms with Crippen LogP contribution in [0.25, 0.3) is 0 Å². The van der Waals surface area contributed by atoms with E-state index in [4.69, 9.17) is 0 Å².